The monoisotopic (exact) mass is 465 g/mol. The third-order valence-electron chi connectivity index (χ3n) is 5.73. The molecule has 4 rings (SSSR count). The Morgan fingerprint density at radius 1 is 1.12 bits per heavy atom. The fraction of sp³-hybridized carbons (Fsp3) is 0.320. The van der Waals surface area contributed by atoms with E-state index in [1.165, 1.54) is 38.1 Å². The van der Waals surface area contributed by atoms with Crippen LogP contribution in [0.15, 0.2) is 57.9 Å². The van der Waals surface area contributed by atoms with Crippen molar-refractivity contribution in [3.05, 3.63) is 59.2 Å². The zero-order valence-corrected chi connectivity index (χ0v) is 19.4. The zero-order valence-electron chi connectivity index (χ0n) is 18.6. The minimum atomic E-state index is -3.93. The van der Waals surface area contributed by atoms with E-state index in [9.17, 15) is 13.7 Å². The van der Waals surface area contributed by atoms with Crippen LogP contribution in [0.2, 0.25) is 0 Å². The molecule has 2 heterocycles. The number of anilines is 1. The summed E-state index contributed by atoms with van der Waals surface area (Å²) in [6, 6.07) is 17.8. The highest BCUT2D eigenvalue weighted by Gasteiger charge is 2.18. The van der Waals surface area contributed by atoms with Crippen LogP contribution in [-0.4, -0.2) is 41.8 Å². The van der Waals surface area contributed by atoms with Crippen molar-refractivity contribution in [2.24, 2.45) is 0 Å². The van der Waals surface area contributed by atoms with Gasteiger partial charge in [-0.15, -0.1) is 0 Å². The summed E-state index contributed by atoms with van der Waals surface area (Å²) in [6.07, 6.45) is 5.01. The quantitative estimate of drug-likeness (QED) is 0.388. The molecule has 1 aliphatic rings. The Labute approximate surface area is 194 Å². The summed E-state index contributed by atoms with van der Waals surface area (Å²) in [5, 5.41) is 11.6. The summed E-state index contributed by atoms with van der Waals surface area (Å²) in [6.45, 7) is 2.51. The van der Waals surface area contributed by atoms with Crippen molar-refractivity contribution < 1.29 is 17.6 Å². The first-order valence-electron chi connectivity index (χ1n) is 11.0. The molecule has 3 aromatic rings. The summed E-state index contributed by atoms with van der Waals surface area (Å²) < 4.78 is 37.6. The molecule has 0 saturated carbocycles. The lowest BCUT2D eigenvalue weighted by Crippen LogP contribution is -2.29. The second-order valence-corrected chi connectivity index (χ2v) is 9.74. The number of nitriles is 1. The molecule has 1 fully saturated rings. The summed E-state index contributed by atoms with van der Waals surface area (Å²) in [7, 11) is -2.46. The minimum absolute atomic E-state index is 0.0812. The van der Waals surface area contributed by atoms with E-state index >= 15 is 0 Å². The van der Waals surface area contributed by atoms with E-state index in [1.807, 2.05) is 6.07 Å². The smallest absolute Gasteiger partial charge is 0.250 e. The van der Waals surface area contributed by atoms with Gasteiger partial charge in [0.2, 0.25) is 0 Å². The summed E-state index contributed by atoms with van der Waals surface area (Å²) >= 11 is 0. The number of furan rings is 1. The molecule has 2 aromatic carbocycles. The van der Waals surface area contributed by atoms with E-state index in [4.69, 9.17) is 9.15 Å². The number of benzene rings is 2. The maximum Gasteiger partial charge on any atom is 0.250 e. The largest absolute Gasteiger partial charge is 0.457 e. The first-order valence-corrected chi connectivity index (χ1v) is 12.5. The number of ether oxygens (including phenoxy) is 1. The summed E-state index contributed by atoms with van der Waals surface area (Å²) in [5.41, 5.74) is 2.14. The maximum atomic E-state index is 12.3. The number of piperidine rings is 1. The Morgan fingerprint density at radius 3 is 2.64 bits per heavy atom. The number of fused-ring (bicyclic) bond motifs is 1. The SMILES string of the molecule is COCCNS(=O)(=O)/C(C#N)=C/c1ccc(-c2ccc3cc(N4CCCCC4)ccc3c2)o1. The van der Waals surface area contributed by atoms with Crippen LogP contribution < -0.4 is 9.62 Å². The Kier molecular flexibility index (Phi) is 7.14. The molecular weight excluding hydrogens is 438 g/mol. The van der Waals surface area contributed by atoms with Crippen molar-refractivity contribution in [3.63, 3.8) is 0 Å². The third kappa shape index (κ3) is 5.45. The normalized spacial score (nSPS) is 15.0. The van der Waals surface area contributed by atoms with Gasteiger partial charge in [0.1, 0.15) is 17.6 Å². The average Bonchev–Trinajstić information content (AvgIpc) is 3.31. The molecule has 33 heavy (non-hydrogen) atoms. The van der Waals surface area contributed by atoms with Gasteiger partial charge in [0.15, 0.2) is 4.91 Å². The minimum Gasteiger partial charge on any atom is -0.457 e. The summed E-state index contributed by atoms with van der Waals surface area (Å²) in [5.74, 6) is 0.893. The van der Waals surface area contributed by atoms with E-state index in [0.29, 0.717) is 11.5 Å². The number of nitrogens with one attached hydrogen (secondary N) is 1. The first-order chi connectivity index (χ1) is 16.0. The molecule has 0 spiro atoms. The number of methoxy groups -OCH3 is 1. The van der Waals surface area contributed by atoms with Crippen LogP contribution >= 0.6 is 0 Å². The second-order valence-electron chi connectivity index (χ2n) is 8.01. The van der Waals surface area contributed by atoms with Gasteiger partial charge in [0, 0.05) is 44.1 Å². The van der Waals surface area contributed by atoms with E-state index in [0.717, 1.165) is 29.4 Å². The van der Waals surface area contributed by atoms with Crippen molar-refractivity contribution >= 4 is 32.6 Å². The molecule has 0 unspecified atom stereocenters. The highest BCUT2D eigenvalue weighted by molar-refractivity contribution is 7.93. The fourth-order valence-corrected chi connectivity index (χ4v) is 4.87. The van der Waals surface area contributed by atoms with Gasteiger partial charge < -0.3 is 14.1 Å². The molecule has 7 nitrogen and oxygen atoms in total. The molecule has 0 radical (unpaired) electrons. The van der Waals surface area contributed by atoms with Crippen LogP contribution in [0.5, 0.6) is 0 Å². The van der Waals surface area contributed by atoms with Gasteiger partial charge in [0.25, 0.3) is 10.0 Å². The zero-order chi connectivity index (χ0) is 23.3. The van der Waals surface area contributed by atoms with Crippen LogP contribution in [0.1, 0.15) is 25.0 Å². The topological polar surface area (TPSA) is 95.6 Å². The lowest BCUT2D eigenvalue weighted by molar-refractivity contribution is 0.204. The number of nitrogens with zero attached hydrogens (tertiary/aromatic N) is 2. The van der Waals surface area contributed by atoms with Gasteiger partial charge in [-0.3, -0.25) is 0 Å². The standard InChI is InChI=1S/C25H27N3O4S/c1-31-14-11-27-33(29,30)24(18-26)17-23-9-10-25(32-23)21-6-5-20-16-22(8-7-19(20)15-21)28-12-3-2-4-13-28/h5-10,15-17,27H,2-4,11-14H2,1H3/b24-17+. The molecule has 1 saturated heterocycles. The van der Waals surface area contributed by atoms with Crippen LogP contribution in [-0.2, 0) is 14.8 Å². The average molecular weight is 466 g/mol. The number of allylic oxidation sites excluding steroid dienone is 1. The predicted molar refractivity (Wildman–Crippen MR) is 130 cm³/mol. The van der Waals surface area contributed by atoms with Gasteiger partial charge in [0.05, 0.1) is 6.61 Å². The molecule has 0 atom stereocenters. The molecule has 8 heteroatoms. The number of hydrogen-bond acceptors (Lipinski definition) is 6. The van der Waals surface area contributed by atoms with Crippen molar-refractivity contribution in [1.29, 1.82) is 5.26 Å². The van der Waals surface area contributed by atoms with E-state index in [-0.39, 0.29) is 13.2 Å². The Bertz CT molecular complexity index is 1300. The highest BCUT2D eigenvalue weighted by Crippen LogP contribution is 2.30. The number of hydrogen-bond donors (Lipinski definition) is 1. The lowest BCUT2D eigenvalue weighted by atomic mass is 10.0. The van der Waals surface area contributed by atoms with Crippen LogP contribution in [0, 0.1) is 11.3 Å². The van der Waals surface area contributed by atoms with Crippen LogP contribution in [0.3, 0.4) is 0 Å². The van der Waals surface area contributed by atoms with E-state index < -0.39 is 14.9 Å². The second kappa shape index (κ2) is 10.2. The van der Waals surface area contributed by atoms with Crippen molar-refractivity contribution in [2.75, 3.05) is 38.3 Å². The van der Waals surface area contributed by atoms with Gasteiger partial charge in [-0.05, 0) is 60.4 Å². The van der Waals surface area contributed by atoms with E-state index in [2.05, 4.69) is 40.0 Å². The fourth-order valence-electron chi connectivity index (χ4n) is 3.98. The third-order valence-corrected chi connectivity index (χ3v) is 7.10. The van der Waals surface area contributed by atoms with Crippen LogP contribution in [0.4, 0.5) is 5.69 Å². The van der Waals surface area contributed by atoms with Gasteiger partial charge >= 0.3 is 0 Å². The Balaban J connectivity index is 1.55. The van der Waals surface area contributed by atoms with Gasteiger partial charge in [-0.1, -0.05) is 18.2 Å². The van der Waals surface area contributed by atoms with E-state index in [1.54, 1.807) is 18.2 Å². The van der Waals surface area contributed by atoms with Gasteiger partial charge in [-0.25, -0.2) is 13.1 Å². The van der Waals surface area contributed by atoms with Crippen molar-refractivity contribution in [1.82, 2.24) is 4.72 Å². The van der Waals surface area contributed by atoms with Gasteiger partial charge in [-0.2, -0.15) is 5.26 Å². The first kappa shape index (κ1) is 23.1. The molecule has 1 aromatic heterocycles. The predicted octanol–water partition coefficient (Wildman–Crippen LogP) is 4.52. The molecule has 1 N–H and O–H groups in total. The molecule has 172 valence electrons. The van der Waals surface area contributed by atoms with Crippen molar-refractivity contribution in [2.45, 2.75) is 19.3 Å². The highest BCUT2D eigenvalue weighted by atomic mass is 32.2. The molecule has 0 aliphatic carbocycles. The van der Waals surface area contributed by atoms with Crippen LogP contribution in [0.25, 0.3) is 28.2 Å². The number of rotatable bonds is 8. The summed E-state index contributed by atoms with van der Waals surface area (Å²) in [4.78, 5) is 2.02. The molecular formula is C25H27N3O4S. The maximum absolute atomic E-state index is 12.3. The molecule has 0 bridgehead atoms. The van der Waals surface area contributed by atoms with Crippen molar-refractivity contribution in [3.8, 4) is 17.4 Å². The molecule has 0 amide bonds. The number of sulfonamides is 1. The Morgan fingerprint density at radius 2 is 1.88 bits per heavy atom. The Hall–Kier alpha value is -3.12. The molecule has 1 aliphatic heterocycles. The lowest BCUT2D eigenvalue weighted by Gasteiger charge is -2.29.